The molecule has 6 heteroatoms. The fraction of sp³-hybridized carbons (Fsp3) is 0.0625. The van der Waals surface area contributed by atoms with Gasteiger partial charge >= 0.3 is 5.63 Å². The second-order valence-corrected chi connectivity index (χ2v) is 4.88. The molecule has 0 aliphatic heterocycles. The average Bonchev–Trinajstić information content (AvgIpc) is 2.49. The molecule has 0 fully saturated rings. The van der Waals surface area contributed by atoms with Crippen molar-refractivity contribution >= 4 is 16.7 Å². The minimum absolute atomic E-state index is 0.00442. The largest absolute Gasteiger partial charge is 0.508 e. The van der Waals surface area contributed by atoms with Gasteiger partial charge in [-0.2, -0.15) is 0 Å². The molecule has 0 aliphatic carbocycles. The first-order chi connectivity index (χ1) is 10.5. The van der Waals surface area contributed by atoms with Crippen molar-refractivity contribution in [3.05, 3.63) is 80.2 Å². The van der Waals surface area contributed by atoms with Crippen LogP contribution in [0.15, 0.2) is 57.7 Å². The maximum absolute atomic E-state index is 12.0. The highest BCUT2D eigenvalue weighted by Crippen LogP contribution is 2.20. The third-order valence-electron chi connectivity index (χ3n) is 3.33. The van der Waals surface area contributed by atoms with Gasteiger partial charge in [-0.15, -0.1) is 0 Å². The molecule has 3 aromatic rings. The van der Waals surface area contributed by atoms with Crippen LogP contribution in [0.2, 0.25) is 0 Å². The lowest BCUT2D eigenvalue weighted by molar-refractivity contribution is -0.384. The summed E-state index contributed by atoms with van der Waals surface area (Å²) in [5.74, 6) is 0.0266. The Balaban J connectivity index is 1.96. The third kappa shape index (κ3) is 2.67. The summed E-state index contributed by atoms with van der Waals surface area (Å²) in [5.41, 5.74) is 1.06. The van der Waals surface area contributed by atoms with Crippen molar-refractivity contribution in [2.75, 3.05) is 0 Å². The molecule has 0 aliphatic rings. The second-order valence-electron chi connectivity index (χ2n) is 4.88. The van der Waals surface area contributed by atoms with E-state index in [1.54, 1.807) is 24.3 Å². The zero-order valence-corrected chi connectivity index (χ0v) is 11.4. The minimum Gasteiger partial charge on any atom is -0.508 e. The summed E-state index contributed by atoms with van der Waals surface area (Å²) >= 11 is 0. The number of non-ortho nitro benzene ring substituents is 1. The molecule has 3 rings (SSSR count). The van der Waals surface area contributed by atoms with Crippen molar-refractivity contribution in [3.63, 3.8) is 0 Å². The van der Waals surface area contributed by atoms with Gasteiger partial charge in [0, 0.05) is 35.6 Å². The summed E-state index contributed by atoms with van der Waals surface area (Å²) < 4.78 is 5.18. The van der Waals surface area contributed by atoms with Crippen molar-refractivity contribution in [1.82, 2.24) is 0 Å². The Morgan fingerprint density at radius 1 is 1.09 bits per heavy atom. The van der Waals surface area contributed by atoms with E-state index in [9.17, 15) is 20.0 Å². The van der Waals surface area contributed by atoms with Crippen LogP contribution < -0.4 is 5.63 Å². The molecule has 0 radical (unpaired) electrons. The zero-order chi connectivity index (χ0) is 15.7. The predicted molar refractivity (Wildman–Crippen MR) is 80.1 cm³/mol. The summed E-state index contributed by atoms with van der Waals surface area (Å²) in [6.07, 6.45) is 0.317. The third-order valence-corrected chi connectivity index (χ3v) is 3.33. The molecule has 110 valence electrons. The van der Waals surface area contributed by atoms with Crippen molar-refractivity contribution in [2.24, 2.45) is 0 Å². The number of nitro groups is 1. The van der Waals surface area contributed by atoms with Gasteiger partial charge in [0.05, 0.1) is 4.92 Å². The molecule has 2 aromatic carbocycles. The van der Waals surface area contributed by atoms with Gasteiger partial charge in [0.2, 0.25) is 0 Å². The molecule has 0 spiro atoms. The standard InChI is InChI=1S/C16H11NO5/c18-14-6-3-11-8-12(16(19)22-15(11)9-14)7-10-1-4-13(5-2-10)17(20)21/h1-6,8-9,18H,7H2. The van der Waals surface area contributed by atoms with E-state index in [1.807, 2.05) is 0 Å². The van der Waals surface area contributed by atoms with Gasteiger partial charge in [-0.1, -0.05) is 12.1 Å². The van der Waals surface area contributed by atoms with Crippen molar-refractivity contribution in [1.29, 1.82) is 0 Å². The molecular formula is C16H11NO5. The highest BCUT2D eigenvalue weighted by molar-refractivity contribution is 5.78. The maximum atomic E-state index is 12.0. The Kier molecular flexibility index (Phi) is 3.34. The molecule has 0 saturated carbocycles. The van der Waals surface area contributed by atoms with Gasteiger partial charge < -0.3 is 9.52 Å². The molecule has 1 N–H and O–H groups in total. The van der Waals surface area contributed by atoms with Crippen LogP contribution in [0.1, 0.15) is 11.1 Å². The first kappa shape index (κ1) is 13.8. The molecule has 0 amide bonds. The van der Waals surface area contributed by atoms with E-state index >= 15 is 0 Å². The lowest BCUT2D eigenvalue weighted by Crippen LogP contribution is -2.07. The summed E-state index contributed by atoms with van der Waals surface area (Å²) in [6.45, 7) is 0. The fourth-order valence-electron chi connectivity index (χ4n) is 2.22. The summed E-state index contributed by atoms with van der Waals surface area (Å²) in [5, 5.41) is 20.7. The normalized spacial score (nSPS) is 10.7. The summed E-state index contributed by atoms with van der Waals surface area (Å²) in [7, 11) is 0. The molecular weight excluding hydrogens is 286 g/mol. The number of benzene rings is 2. The Labute approximate surface area is 124 Å². The molecule has 0 unspecified atom stereocenters. The number of fused-ring (bicyclic) bond motifs is 1. The van der Waals surface area contributed by atoms with E-state index in [4.69, 9.17) is 4.42 Å². The van der Waals surface area contributed by atoms with Crippen LogP contribution >= 0.6 is 0 Å². The van der Waals surface area contributed by atoms with Crippen LogP contribution in [0.25, 0.3) is 11.0 Å². The molecule has 1 heterocycles. The summed E-state index contributed by atoms with van der Waals surface area (Å²) in [6, 6.07) is 12.3. The number of phenols is 1. The van der Waals surface area contributed by atoms with Crippen LogP contribution in [0, 0.1) is 10.1 Å². The van der Waals surface area contributed by atoms with Gasteiger partial charge in [0.25, 0.3) is 5.69 Å². The number of aromatic hydroxyl groups is 1. The number of hydrogen-bond acceptors (Lipinski definition) is 5. The van der Waals surface area contributed by atoms with Gasteiger partial charge in [-0.25, -0.2) is 4.79 Å². The number of hydrogen-bond donors (Lipinski definition) is 1. The molecule has 0 saturated heterocycles. The van der Waals surface area contributed by atoms with Crippen LogP contribution in [0.4, 0.5) is 5.69 Å². The highest BCUT2D eigenvalue weighted by atomic mass is 16.6. The summed E-state index contributed by atoms with van der Waals surface area (Å²) in [4.78, 5) is 22.1. The van der Waals surface area contributed by atoms with E-state index in [-0.39, 0.29) is 11.4 Å². The van der Waals surface area contributed by atoms with Gasteiger partial charge in [-0.05, 0) is 23.8 Å². The minimum atomic E-state index is -0.489. The molecule has 0 bridgehead atoms. The fourth-order valence-corrected chi connectivity index (χ4v) is 2.22. The quantitative estimate of drug-likeness (QED) is 0.455. The van der Waals surface area contributed by atoms with Crippen molar-refractivity contribution in [2.45, 2.75) is 6.42 Å². The Bertz CT molecular complexity index is 912. The van der Waals surface area contributed by atoms with E-state index in [2.05, 4.69) is 0 Å². The highest BCUT2D eigenvalue weighted by Gasteiger charge is 2.09. The maximum Gasteiger partial charge on any atom is 0.339 e. The molecule has 22 heavy (non-hydrogen) atoms. The number of rotatable bonds is 3. The van der Waals surface area contributed by atoms with Gasteiger partial charge in [-0.3, -0.25) is 10.1 Å². The lowest BCUT2D eigenvalue weighted by Gasteiger charge is -2.03. The van der Waals surface area contributed by atoms with Gasteiger partial charge in [0.15, 0.2) is 0 Å². The van der Waals surface area contributed by atoms with Crippen molar-refractivity contribution < 1.29 is 14.4 Å². The van der Waals surface area contributed by atoms with Crippen LogP contribution in [-0.4, -0.2) is 10.0 Å². The lowest BCUT2D eigenvalue weighted by atomic mass is 10.0. The monoisotopic (exact) mass is 297 g/mol. The van der Waals surface area contributed by atoms with Crippen LogP contribution in [0.5, 0.6) is 5.75 Å². The Morgan fingerprint density at radius 3 is 2.50 bits per heavy atom. The second kappa shape index (κ2) is 5.33. The molecule has 0 atom stereocenters. The van der Waals surface area contributed by atoms with Crippen LogP contribution in [0.3, 0.4) is 0 Å². The van der Waals surface area contributed by atoms with E-state index in [1.165, 1.54) is 24.3 Å². The number of nitrogens with zero attached hydrogens (tertiary/aromatic N) is 1. The molecule has 1 aromatic heterocycles. The smallest absolute Gasteiger partial charge is 0.339 e. The zero-order valence-electron chi connectivity index (χ0n) is 11.4. The predicted octanol–water partition coefficient (Wildman–Crippen LogP) is 3.00. The van der Waals surface area contributed by atoms with E-state index in [0.717, 1.165) is 5.56 Å². The Morgan fingerprint density at radius 2 is 1.82 bits per heavy atom. The number of phenolic OH excluding ortho intramolecular Hbond substituents is 1. The van der Waals surface area contributed by atoms with Crippen LogP contribution in [-0.2, 0) is 6.42 Å². The van der Waals surface area contributed by atoms with E-state index < -0.39 is 10.5 Å². The topological polar surface area (TPSA) is 93.6 Å². The van der Waals surface area contributed by atoms with Crippen molar-refractivity contribution in [3.8, 4) is 5.75 Å². The van der Waals surface area contributed by atoms with Gasteiger partial charge in [0.1, 0.15) is 11.3 Å². The average molecular weight is 297 g/mol. The molecule has 6 nitrogen and oxygen atoms in total. The van der Waals surface area contributed by atoms with E-state index in [0.29, 0.717) is 23.0 Å². The first-order valence-corrected chi connectivity index (χ1v) is 6.52. The number of nitro benzene ring substituents is 1. The first-order valence-electron chi connectivity index (χ1n) is 6.52. The SMILES string of the molecule is O=c1oc2cc(O)ccc2cc1Cc1ccc([N+](=O)[O-])cc1. The Hall–Kier alpha value is -3.15.